The van der Waals surface area contributed by atoms with Crippen LogP contribution in [0.25, 0.3) is 6.08 Å². The number of aryl methyl sites for hydroxylation is 1. The highest BCUT2D eigenvalue weighted by Crippen LogP contribution is 2.15. The summed E-state index contributed by atoms with van der Waals surface area (Å²) in [5.41, 5.74) is 1.46. The van der Waals surface area contributed by atoms with Crippen LogP contribution in [-0.4, -0.2) is 15.8 Å². The topological polar surface area (TPSA) is 56.0 Å². The van der Waals surface area contributed by atoms with Crippen LogP contribution < -0.4 is 0 Å². The second kappa shape index (κ2) is 4.72. The molecule has 0 spiro atoms. The van der Waals surface area contributed by atoms with Gasteiger partial charge in [0, 0.05) is 23.2 Å². The molecule has 0 atom stereocenters. The third kappa shape index (κ3) is 2.53. The van der Waals surface area contributed by atoms with Crippen molar-refractivity contribution in [2.24, 2.45) is 0 Å². The van der Waals surface area contributed by atoms with Gasteiger partial charge in [0.1, 0.15) is 6.20 Å². The highest BCUT2D eigenvalue weighted by molar-refractivity contribution is 6.19. The summed E-state index contributed by atoms with van der Waals surface area (Å²) in [5, 5.41) is 10.5. The van der Waals surface area contributed by atoms with Crippen LogP contribution in [0.4, 0.5) is 5.69 Å². The molecule has 1 aromatic rings. The molecule has 74 valence electrons. The van der Waals surface area contributed by atoms with E-state index in [-0.39, 0.29) is 5.69 Å². The highest BCUT2D eigenvalue weighted by atomic mass is 35.5. The van der Waals surface area contributed by atoms with Crippen LogP contribution in [0.3, 0.4) is 0 Å². The van der Waals surface area contributed by atoms with Gasteiger partial charge in [-0.25, -0.2) is 0 Å². The Hall–Kier alpha value is -1.42. The lowest BCUT2D eigenvalue weighted by molar-refractivity contribution is -0.385. The summed E-state index contributed by atoms with van der Waals surface area (Å²) >= 11 is 5.47. The van der Waals surface area contributed by atoms with Gasteiger partial charge in [-0.2, -0.15) is 0 Å². The van der Waals surface area contributed by atoms with E-state index < -0.39 is 4.92 Å². The van der Waals surface area contributed by atoms with Crippen molar-refractivity contribution in [3.05, 3.63) is 39.7 Å². The molecular weight excluding hydrogens is 204 g/mol. The number of rotatable bonds is 3. The van der Waals surface area contributed by atoms with E-state index in [1.807, 2.05) is 0 Å². The Kier molecular flexibility index (Phi) is 3.59. The van der Waals surface area contributed by atoms with Crippen molar-refractivity contribution >= 4 is 23.4 Å². The van der Waals surface area contributed by atoms with E-state index in [0.717, 1.165) is 11.3 Å². The molecule has 4 nitrogen and oxygen atoms in total. The van der Waals surface area contributed by atoms with Crippen molar-refractivity contribution in [2.75, 3.05) is 5.88 Å². The van der Waals surface area contributed by atoms with Crippen molar-refractivity contribution in [3.63, 3.8) is 0 Å². The number of hydrogen-bond donors (Lipinski definition) is 0. The van der Waals surface area contributed by atoms with Crippen LogP contribution in [0.1, 0.15) is 11.3 Å². The number of halogens is 1. The van der Waals surface area contributed by atoms with Crippen LogP contribution in [0.5, 0.6) is 0 Å². The molecule has 0 saturated carbocycles. The van der Waals surface area contributed by atoms with E-state index in [1.165, 1.54) is 12.3 Å². The quantitative estimate of drug-likeness (QED) is 0.440. The van der Waals surface area contributed by atoms with Gasteiger partial charge >= 0.3 is 0 Å². The maximum absolute atomic E-state index is 10.5. The molecule has 0 radical (unpaired) electrons. The predicted molar refractivity (Wildman–Crippen MR) is 55.4 cm³/mol. The molecule has 1 heterocycles. The van der Waals surface area contributed by atoms with E-state index in [1.54, 1.807) is 19.1 Å². The standard InChI is InChI=1S/C9H9ClN2O2/c1-7-8(3-2-4-10)5-9(6-11-7)12(13)14/h2-3,5-6H,4H2,1H3. The molecular formula is C9H9ClN2O2. The first-order valence-corrected chi connectivity index (χ1v) is 4.52. The molecule has 5 heteroatoms. The van der Waals surface area contributed by atoms with Gasteiger partial charge in [0.15, 0.2) is 0 Å². The average Bonchev–Trinajstić information content (AvgIpc) is 2.16. The first kappa shape index (κ1) is 10.7. The lowest BCUT2D eigenvalue weighted by Gasteiger charge is -1.98. The average molecular weight is 213 g/mol. The summed E-state index contributed by atoms with van der Waals surface area (Å²) in [7, 11) is 0. The number of aromatic nitrogens is 1. The molecule has 0 aliphatic heterocycles. The van der Waals surface area contributed by atoms with E-state index in [9.17, 15) is 10.1 Å². The number of nitro groups is 1. The summed E-state index contributed by atoms with van der Waals surface area (Å²) in [6.45, 7) is 1.79. The van der Waals surface area contributed by atoms with Crippen molar-refractivity contribution in [1.29, 1.82) is 0 Å². The van der Waals surface area contributed by atoms with Gasteiger partial charge in [-0.05, 0) is 6.92 Å². The molecule has 0 bridgehead atoms. The molecule has 1 rings (SSSR count). The van der Waals surface area contributed by atoms with Crippen LogP contribution in [-0.2, 0) is 0 Å². The first-order chi connectivity index (χ1) is 6.65. The van der Waals surface area contributed by atoms with E-state index in [0.29, 0.717) is 5.88 Å². The second-order valence-corrected chi connectivity index (χ2v) is 2.99. The highest BCUT2D eigenvalue weighted by Gasteiger charge is 2.07. The van der Waals surface area contributed by atoms with Crippen molar-refractivity contribution in [1.82, 2.24) is 4.98 Å². The Labute approximate surface area is 86.4 Å². The van der Waals surface area contributed by atoms with Gasteiger partial charge in [0.05, 0.1) is 4.92 Å². The number of allylic oxidation sites excluding steroid dienone is 1. The van der Waals surface area contributed by atoms with E-state index in [2.05, 4.69) is 4.98 Å². The molecule has 0 amide bonds. The Bertz CT molecular complexity index is 377. The molecule has 1 aromatic heterocycles. The van der Waals surface area contributed by atoms with Crippen molar-refractivity contribution < 1.29 is 4.92 Å². The summed E-state index contributed by atoms with van der Waals surface area (Å²) < 4.78 is 0. The van der Waals surface area contributed by atoms with Crippen LogP contribution in [0.2, 0.25) is 0 Å². The van der Waals surface area contributed by atoms with Crippen LogP contribution in [0, 0.1) is 17.0 Å². The minimum absolute atomic E-state index is 0.00942. The minimum Gasteiger partial charge on any atom is -0.258 e. The summed E-state index contributed by atoms with van der Waals surface area (Å²) in [4.78, 5) is 13.9. The fourth-order valence-corrected chi connectivity index (χ4v) is 1.07. The largest absolute Gasteiger partial charge is 0.288 e. The fraction of sp³-hybridized carbons (Fsp3) is 0.222. The Morgan fingerprint density at radius 3 is 3.00 bits per heavy atom. The first-order valence-electron chi connectivity index (χ1n) is 3.98. The molecule has 0 unspecified atom stereocenters. The molecule has 0 aliphatic rings. The minimum atomic E-state index is -0.468. The number of pyridine rings is 1. The van der Waals surface area contributed by atoms with E-state index in [4.69, 9.17) is 11.6 Å². The van der Waals surface area contributed by atoms with Crippen molar-refractivity contribution in [3.8, 4) is 0 Å². The van der Waals surface area contributed by atoms with Gasteiger partial charge < -0.3 is 0 Å². The number of hydrogen-bond acceptors (Lipinski definition) is 3. The SMILES string of the molecule is Cc1ncc([N+](=O)[O-])cc1C=CCCl. The Morgan fingerprint density at radius 2 is 2.43 bits per heavy atom. The Balaban J connectivity index is 3.08. The fourth-order valence-electron chi connectivity index (χ4n) is 0.979. The summed E-state index contributed by atoms with van der Waals surface area (Å²) in [6, 6.07) is 1.48. The van der Waals surface area contributed by atoms with Gasteiger partial charge in [0.2, 0.25) is 0 Å². The summed E-state index contributed by atoms with van der Waals surface area (Å²) in [5.74, 6) is 0.377. The normalized spacial score (nSPS) is 10.7. The van der Waals surface area contributed by atoms with Gasteiger partial charge in [0.25, 0.3) is 5.69 Å². The van der Waals surface area contributed by atoms with Gasteiger partial charge in [-0.3, -0.25) is 15.1 Å². The smallest absolute Gasteiger partial charge is 0.258 e. The predicted octanol–water partition coefficient (Wildman–Crippen LogP) is 2.55. The maximum atomic E-state index is 10.5. The molecule has 0 fully saturated rings. The summed E-state index contributed by atoms with van der Waals surface area (Å²) in [6.07, 6.45) is 4.69. The lowest BCUT2D eigenvalue weighted by atomic mass is 10.2. The molecule has 0 aliphatic carbocycles. The molecule has 14 heavy (non-hydrogen) atoms. The molecule has 0 aromatic carbocycles. The number of alkyl halides is 1. The van der Waals surface area contributed by atoms with E-state index >= 15 is 0 Å². The van der Waals surface area contributed by atoms with Crippen LogP contribution in [0.15, 0.2) is 18.3 Å². The zero-order valence-electron chi connectivity index (χ0n) is 7.61. The lowest BCUT2D eigenvalue weighted by Crippen LogP contribution is -1.93. The van der Waals surface area contributed by atoms with Crippen molar-refractivity contribution in [2.45, 2.75) is 6.92 Å². The van der Waals surface area contributed by atoms with Gasteiger partial charge in [-0.1, -0.05) is 12.2 Å². The monoisotopic (exact) mass is 212 g/mol. The Morgan fingerprint density at radius 1 is 1.71 bits per heavy atom. The van der Waals surface area contributed by atoms with Crippen LogP contribution >= 0.6 is 11.6 Å². The second-order valence-electron chi connectivity index (χ2n) is 2.68. The molecule has 0 saturated heterocycles. The third-order valence-corrected chi connectivity index (χ3v) is 1.89. The maximum Gasteiger partial charge on any atom is 0.288 e. The molecule has 0 N–H and O–H groups in total. The van der Waals surface area contributed by atoms with Gasteiger partial charge in [-0.15, -0.1) is 11.6 Å². The third-order valence-electron chi connectivity index (χ3n) is 1.71. The zero-order chi connectivity index (χ0) is 10.6. The number of nitrogens with zero attached hydrogens (tertiary/aromatic N) is 2. The zero-order valence-corrected chi connectivity index (χ0v) is 8.36.